The monoisotopic (exact) mass is 306 g/mol. The van der Waals surface area contributed by atoms with Crippen LogP contribution in [0.3, 0.4) is 0 Å². The van der Waals surface area contributed by atoms with Crippen LogP contribution in [0.15, 0.2) is 52.4 Å². The maximum Gasteiger partial charge on any atom is 0.246 e. The average Bonchev–Trinajstić information content (AvgIpc) is 2.93. The Hall–Kier alpha value is -1.66. The van der Waals surface area contributed by atoms with Gasteiger partial charge < -0.3 is 4.42 Å². The van der Waals surface area contributed by atoms with Gasteiger partial charge in [-0.2, -0.15) is 4.31 Å². The molecule has 0 bridgehead atoms. The van der Waals surface area contributed by atoms with Gasteiger partial charge in [-0.3, -0.25) is 4.98 Å². The maximum atomic E-state index is 12.5. The van der Waals surface area contributed by atoms with Crippen molar-refractivity contribution in [2.45, 2.75) is 30.1 Å². The second kappa shape index (κ2) is 5.99. The number of hydrogen-bond donors (Lipinski definition) is 0. The SMILES string of the molecule is O=S(=O)(c1ccoc1)N1CCC[C@H](c2ccncc2)CC1. The van der Waals surface area contributed by atoms with Crippen molar-refractivity contribution in [2.75, 3.05) is 13.1 Å². The van der Waals surface area contributed by atoms with E-state index in [1.54, 1.807) is 16.7 Å². The van der Waals surface area contributed by atoms with Crippen LogP contribution in [0.5, 0.6) is 0 Å². The van der Waals surface area contributed by atoms with Gasteiger partial charge in [0.05, 0.1) is 6.26 Å². The minimum absolute atomic E-state index is 0.241. The van der Waals surface area contributed by atoms with Crippen molar-refractivity contribution in [1.82, 2.24) is 9.29 Å². The highest BCUT2D eigenvalue weighted by Crippen LogP contribution is 2.29. The van der Waals surface area contributed by atoms with Crippen LogP contribution in [0.25, 0.3) is 0 Å². The van der Waals surface area contributed by atoms with Gasteiger partial charge in [0.2, 0.25) is 10.0 Å². The molecule has 1 aliphatic heterocycles. The summed E-state index contributed by atoms with van der Waals surface area (Å²) < 4.78 is 31.5. The molecule has 2 aromatic rings. The lowest BCUT2D eigenvalue weighted by Gasteiger charge is -2.19. The molecule has 0 aliphatic carbocycles. The van der Waals surface area contributed by atoms with E-state index in [2.05, 4.69) is 4.98 Å². The Morgan fingerprint density at radius 1 is 1.14 bits per heavy atom. The largest absolute Gasteiger partial charge is 0.471 e. The van der Waals surface area contributed by atoms with E-state index in [0.717, 1.165) is 19.3 Å². The lowest BCUT2D eigenvalue weighted by molar-refractivity contribution is 0.420. The molecule has 0 radical (unpaired) electrons. The molecule has 1 atom stereocenters. The molecule has 21 heavy (non-hydrogen) atoms. The van der Waals surface area contributed by atoms with E-state index in [1.165, 1.54) is 24.2 Å². The highest BCUT2D eigenvalue weighted by molar-refractivity contribution is 7.89. The summed E-state index contributed by atoms with van der Waals surface area (Å²) in [6, 6.07) is 5.54. The zero-order valence-electron chi connectivity index (χ0n) is 11.7. The van der Waals surface area contributed by atoms with Crippen LogP contribution in [0.4, 0.5) is 0 Å². The molecule has 1 fully saturated rings. The molecule has 0 saturated carbocycles. The van der Waals surface area contributed by atoms with E-state index < -0.39 is 10.0 Å². The van der Waals surface area contributed by atoms with E-state index in [0.29, 0.717) is 19.0 Å². The summed E-state index contributed by atoms with van der Waals surface area (Å²) in [5.74, 6) is 0.401. The third-order valence-corrected chi connectivity index (χ3v) is 5.87. The number of sulfonamides is 1. The summed E-state index contributed by atoms with van der Waals surface area (Å²) in [4.78, 5) is 4.28. The lowest BCUT2D eigenvalue weighted by Crippen LogP contribution is -2.31. The Kier molecular flexibility index (Phi) is 4.07. The molecule has 0 aromatic carbocycles. The first-order valence-electron chi connectivity index (χ1n) is 7.10. The molecule has 0 unspecified atom stereocenters. The highest BCUT2D eigenvalue weighted by Gasteiger charge is 2.28. The van der Waals surface area contributed by atoms with Gasteiger partial charge in [-0.05, 0) is 48.9 Å². The van der Waals surface area contributed by atoms with Crippen LogP contribution < -0.4 is 0 Å². The van der Waals surface area contributed by atoms with Crippen LogP contribution in [0, 0.1) is 0 Å². The van der Waals surface area contributed by atoms with Crippen molar-refractivity contribution >= 4 is 10.0 Å². The van der Waals surface area contributed by atoms with Gasteiger partial charge in [-0.15, -0.1) is 0 Å². The van der Waals surface area contributed by atoms with Gasteiger partial charge in [0.15, 0.2) is 0 Å². The standard InChI is InChI=1S/C15H18N2O3S/c18-21(19,15-6-11-20-12-15)17-9-1-2-13(5-10-17)14-3-7-16-8-4-14/h3-4,6-8,11-13H,1-2,5,9-10H2/t13-/m0/s1. The molecule has 0 spiro atoms. The van der Waals surface area contributed by atoms with E-state index in [-0.39, 0.29) is 4.90 Å². The predicted octanol–water partition coefficient (Wildman–Crippen LogP) is 2.63. The fourth-order valence-corrected chi connectivity index (χ4v) is 4.25. The number of furan rings is 1. The maximum absolute atomic E-state index is 12.5. The Morgan fingerprint density at radius 2 is 1.95 bits per heavy atom. The van der Waals surface area contributed by atoms with E-state index >= 15 is 0 Å². The molecule has 0 N–H and O–H groups in total. The summed E-state index contributed by atoms with van der Waals surface area (Å²) in [6.45, 7) is 1.11. The number of aromatic nitrogens is 1. The first-order valence-corrected chi connectivity index (χ1v) is 8.54. The first kappa shape index (κ1) is 14.3. The Balaban J connectivity index is 1.75. The Morgan fingerprint density at radius 3 is 2.67 bits per heavy atom. The van der Waals surface area contributed by atoms with Gasteiger partial charge in [-0.25, -0.2) is 8.42 Å². The minimum atomic E-state index is -3.42. The Bertz CT molecular complexity index is 668. The number of nitrogens with zero attached hydrogens (tertiary/aromatic N) is 2. The normalized spacial score (nSPS) is 21.0. The van der Waals surface area contributed by atoms with Crippen molar-refractivity contribution in [1.29, 1.82) is 0 Å². The molecule has 6 heteroatoms. The molecular weight excluding hydrogens is 288 g/mol. The van der Waals surface area contributed by atoms with Crippen molar-refractivity contribution < 1.29 is 12.8 Å². The average molecular weight is 306 g/mol. The molecule has 3 rings (SSSR count). The van der Waals surface area contributed by atoms with Crippen LogP contribution >= 0.6 is 0 Å². The molecule has 0 amide bonds. The molecular formula is C15H18N2O3S. The van der Waals surface area contributed by atoms with Gasteiger partial charge in [-0.1, -0.05) is 0 Å². The molecule has 112 valence electrons. The van der Waals surface area contributed by atoms with E-state index in [4.69, 9.17) is 4.42 Å². The smallest absolute Gasteiger partial charge is 0.246 e. The van der Waals surface area contributed by atoms with Crippen LogP contribution in [-0.2, 0) is 10.0 Å². The second-order valence-corrected chi connectivity index (χ2v) is 7.21. The minimum Gasteiger partial charge on any atom is -0.471 e. The predicted molar refractivity (Wildman–Crippen MR) is 78.3 cm³/mol. The van der Waals surface area contributed by atoms with Crippen LogP contribution in [-0.4, -0.2) is 30.8 Å². The van der Waals surface area contributed by atoms with Gasteiger partial charge in [0.1, 0.15) is 11.2 Å². The van der Waals surface area contributed by atoms with Gasteiger partial charge >= 0.3 is 0 Å². The summed E-state index contributed by atoms with van der Waals surface area (Å²) in [7, 11) is -3.42. The summed E-state index contributed by atoms with van der Waals surface area (Å²) in [6.07, 6.45) is 8.97. The van der Waals surface area contributed by atoms with Gasteiger partial charge in [0.25, 0.3) is 0 Å². The second-order valence-electron chi connectivity index (χ2n) is 5.27. The summed E-state index contributed by atoms with van der Waals surface area (Å²) in [5.41, 5.74) is 1.24. The molecule has 1 aliphatic rings. The highest BCUT2D eigenvalue weighted by atomic mass is 32.2. The summed E-state index contributed by atoms with van der Waals surface area (Å²) >= 11 is 0. The zero-order valence-corrected chi connectivity index (χ0v) is 12.5. The van der Waals surface area contributed by atoms with Crippen molar-refractivity contribution in [3.05, 3.63) is 48.7 Å². The van der Waals surface area contributed by atoms with E-state index in [9.17, 15) is 8.42 Å². The third kappa shape index (κ3) is 3.01. The number of pyridine rings is 1. The quantitative estimate of drug-likeness (QED) is 0.874. The fourth-order valence-electron chi connectivity index (χ4n) is 2.83. The van der Waals surface area contributed by atoms with Crippen molar-refractivity contribution in [2.24, 2.45) is 0 Å². The molecule has 5 nitrogen and oxygen atoms in total. The molecule has 2 aromatic heterocycles. The van der Waals surface area contributed by atoms with Gasteiger partial charge in [0, 0.05) is 25.5 Å². The lowest BCUT2D eigenvalue weighted by atomic mass is 9.93. The van der Waals surface area contributed by atoms with Crippen LogP contribution in [0.2, 0.25) is 0 Å². The number of hydrogen-bond acceptors (Lipinski definition) is 4. The van der Waals surface area contributed by atoms with Crippen LogP contribution in [0.1, 0.15) is 30.7 Å². The van der Waals surface area contributed by atoms with Crippen molar-refractivity contribution in [3.63, 3.8) is 0 Å². The number of rotatable bonds is 3. The zero-order chi connectivity index (χ0) is 14.7. The summed E-state index contributed by atoms with van der Waals surface area (Å²) in [5, 5.41) is 0. The first-order chi connectivity index (χ1) is 10.2. The van der Waals surface area contributed by atoms with E-state index in [1.807, 2.05) is 12.1 Å². The van der Waals surface area contributed by atoms with Crippen molar-refractivity contribution in [3.8, 4) is 0 Å². The molecule has 1 saturated heterocycles. The topological polar surface area (TPSA) is 63.4 Å². The third-order valence-electron chi connectivity index (χ3n) is 4.00. The Labute approximate surface area is 124 Å². The fraction of sp³-hybridized carbons (Fsp3) is 0.400. The molecule has 3 heterocycles.